The van der Waals surface area contributed by atoms with Gasteiger partial charge in [0, 0.05) is 31.5 Å². The predicted molar refractivity (Wildman–Crippen MR) is 81.5 cm³/mol. The highest BCUT2D eigenvalue weighted by molar-refractivity contribution is 7.99. The molecule has 0 bridgehead atoms. The van der Waals surface area contributed by atoms with Crippen molar-refractivity contribution >= 4 is 23.4 Å². The van der Waals surface area contributed by atoms with E-state index >= 15 is 0 Å². The molecule has 0 radical (unpaired) electrons. The highest BCUT2D eigenvalue weighted by Gasteiger charge is 2.34. The number of non-ortho nitro benzene ring substituents is 1. The first-order chi connectivity index (χ1) is 10.0. The molecule has 1 aliphatic rings. The Morgan fingerprint density at radius 2 is 2.19 bits per heavy atom. The molecule has 1 aromatic carbocycles. The fourth-order valence-corrected chi connectivity index (χ4v) is 3.60. The molecule has 1 N–H and O–H groups in total. The molecule has 0 aliphatic carbocycles. The lowest BCUT2D eigenvalue weighted by Crippen LogP contribution is -2.44. The zero-order valence-electron chi connectivity index (χ0n) is 11.8. The normalized spacial score (nSPS) is 21.2. The number of rotatable bonds is 6. The lowest BCUT2D eigenvalue weighted by molar-refractivity contribution is -0.384. The smallest absolute Gasteiger partial charge is 0.269 e. The molecule has 0 spiro atoms. The van der Waals surface area contributed by atoms with E-state index in [2.05, 4.69) is 5.32 Å². The number of nitro groups is 1. The SMILES string of the molecule is COC1(CNC(=O)Cc2ccc([N+](=O)[O-])cc2)CCSC1. The Balaban J connectivity index is 1.85. The molecule has 1 aliphatic heterocycles. The van der Waals surface area contributed by atoms with Gasteiger partial charge in [0.2, 0.25) is 5.91 Å². The number of carbonyl (C=O) groups excluding carboxylic acids is 1. The Kier molecular flexibility index (Phi) is 5.19. The molecule has 1 fully saturated rings. The van der Waals surface area contributed by atoms with Gasteiger partial charge in [-0.25, -0.2) is 0 Å². The molecule has 1 saturated heterocycles. The molecule has 1 heterocycles. The van der Waals surface area contributed by atoms with Crippen molar-refractivity contribution in [3.05, 3.63) is 39.9 Å². The van der Waals surface area contributed by atoms with Crippen molar-refractivity contribution in [2.24, 2.45) is 0 Å². The second-order valence-corrected chi connectivity index (χ2v) is 6.17. The van der Waals surface area contributed by atoms with Crippen LogP contribution in [0.1, 0.15) is 12.0 Å². The Bertz CT molecular complexity index is 512. The van der Waals surface area contributed by atoms with Crippen LogP contribution in [0.5, 0.6) is 0 Å². The van der Waals surface area contributed by atoms with Crippen molar-refractivity contribution in [1.82, 2.24) is 5.32 Å². The van der Waals surface area contributed by atoms with E-state index in [0.717, 1.165) is 23.5 Å². The molecular weight excluding hydrogens is 292 g/mol. The van der Waals surface area contributed by atoms with Crippen molar-refractivity contribution in [3.8, 4) is 0 Å². The highest BCUT2D eigenvalue weighted by Crippen LogP contribution is 2.30. The van der Waals surface area contributed by atoms with Crippen LogP contribution in [0.3, 0.4) is 0 Å². The van der Waals surface area contributed by atoms with E-state index in [1.165, 1.54) is 12.1 Å². The number of nitro benzene ring substituents is 1. The molecule has 7 heteroatoms. The number of hydrogen-bond acceptors (Lipinski definition) is 5. The van der Waals surface area contributed by atoms with Gasteiger partial charge in [-0.2, -0.15) is 11.8 Å². The Morgan fingerprint density at radius 1 is 1.48 bits per heavy atom. The largest absolute Gasteiger partial charge is 0.376 e. The highest BCUT2D eigenvalue weighted by atomic mass is 32.2. The molecule has 1 atom stereocenters. The summed E-state index contributed by atoms with van der Waals surface area (Å²) in [5.74, 6) is 1.84. The fraction of sp³-hybridized carbons (Fsp3) is 0.500. The van der Waals surface area contributed by atoms with Gasteiger partial charge in [-0.3, -0.25) is 14.9 Å². The maximum absolute atomic E-state index is 11.9. The van der Waals surface area contributed by atoms with E-state index in [1.54, 1.807) is 19.2 Å². The maximum Gasteiger partial charge on any atom is 0.269 e. The number of methoxy groups -OCH3 is 1. The van der Waals surface area contributed by atoms with Crippen LogP contribution in [0.4, 0.5) is 5.69 Å². The van der Waals surface area contributed by atoms with Gasteiger partial charge in [-0.15, -0.1) is 0 Å². The topological polar surface area (TPSA) is 81.5 Å². The van der Waals surface area contributed by atoms with Crippen LogP contribution in [-0.4, -0.2) is 41.6 Å². The number of carbonyl (C=O) groups is 1. The average Bonchev–Trinajstić information content (AvgIpc) is 2.95. The quantitative estimate of drug-likeness (QED) is 0.640. The van der Waals surface area contributed by atoms with Gasteiger partial charge in [-0.1, -0.05) is 12.1 Å². The monoisotopic (exact) mass is 310 g/mol. The molecule has 0 saturated carbocycles. The van der Waals surface area contributed by atoms with E-state index < -0.39 is 4.92 Å². The number of nitrogens with one attached hydrogen (secondary N) is 1. The maximum atomic E-state index is 11.9. The zero-order chi connectivity index (χ0) is 15.3. The molecule has 6 nitrogen and oxygen atoms in total. The molecule has 1 unspecified atom stereocenters. The summed E-state index contributed by atoms with van der Waals surface area (Å²) in [6, 6.07) is 6.03. The number of nitrogens with zero attached hydrogens (tertiary/aromatic N) is 1. The van der Waals surface area contributed by atoms with E-state index in [0.29, 0.717) is 6.54 Å². The molecule has 114 valence electrons. The van der Waals surface area contributed by atoms with Crippen LogP contribution < -0.4 is 5.32 Å². The molecular formula is C14H18N2O4S. The second kappa shape index (κ2) is 6.91. The third-order valence-corrected chi connectivity index (χ3v) is 4.84. The van der Waals surface area contributed by atoms with Gasteiger partial charge >= 0.3 is 0 Å². The summed E-state index contributed by atoms with van der Waals surface area (Å²) in [5.41, 5.74) is 0.529. The first-order valence-corrected chi connectivity index (χ1v) is 7.83. The second-order valence-electron chi connectivity index (χ2n) is 5.07. The molecule has 1 aromatic rings. The van der Waals surface area contributed by atoms with Crippen LogP contribution in [0.25, 0.3) is 0 Å². The molecule has 1 amide bonds. The van der Waals surface area contributed by atoms with Crippen molar-refractivity contribution < 1.29 is 14.5 Å². The Hall–Kier alpha value is -1.60. The first kappa shape index (κ1) is 15.8. The van der Waals surface area contributed by atoms with Gasteiger partial charge in [-0.05, 0) is 17.7 Å². The number of ether oxygens (including phenoxy) is 1. The van der Waals surface area contributed by atoms with Crippen LogP contribution in [0.2, 0.25) is 0 Å². The van der Waals surface area contributed by atoms with Crippen molar-refractivity contribution in [1.29, 1.82) is 0 Å². The Morgan fingerprint density at radius 3 is 2.71 bits per heavy atom. The summed E-state index contributed by atoms with van der Waals surface area (Å²) < 4.78 is 5.53. The zero-order valence-corrected chi connectivity index (χ0v) is 12.6. The summed E-state index contributed by atoms with van der Waals surface area (Å²) in [4.78, 5) is 22.0. The van der Waals surface area contributed by atoms with Gasteiger partial charge in [0.25, 0.3) is 5.69 Å². The van der Waals surface area contributed by atoms with Crippen LogP contribution in [-0.2, 0) is 16.0 Å². The van der Waals surface area contributed by atoms with E-state index in [-0.39, 0.29) is 23.6 Å². The molecule has 0 aromatic heterocycles. The van der Waals surface area contributed by atoms with Gasteiger partial charge in [0.05, 0.1) is 16.9 Å². The van der Waals surface area contributed by atoms with Crippen LogP contribution >= 0.6 is 11.8 Å². The van der Waals surface area contributed by atoms with Crippen LogP contribution in [0.15, 0.2) is 24.3 Å². The number of amides is 1. The van der Waals surface area contributed by atoms with Crippen molar-refractivity contribution in [2.45, 2.75) is 18.4 Å². The summed E-state index contributed by atoms with van der Waals surface area (Å²) in [6.07, 6.45) is 1.15. The summed E-state index contributed by atoms with van der Waals surface area (Å²) in [6.45, 7) is 0.502. The fourth-order valence-electron chi connectivity index (χ4n) is 2.20. The number of hydrogen-bond donors (Lipinski definition) is 1. The molecule has 21 heavy (non-hydrogen) atoms. The number of benzene rings is 1. The number of thioether (sulfide) groups is 1. The summed E-state index contributed by atoms with van der Waals surface area (Å²) in [5, 5.41) is 13.5. The van der Waals surface area contributed by atoms with Crippen LogP contribution in [0, 0.1) is 10.1 Å². The lowest BCUT2D eigenvalue weighted by atomic mass is 10.0. The van der Waals surface area contributed by atoms with Gasteiger partial charge in [0.1, 0.15) is 0 Å². The minimum atomic E-state index is -0.454. The molecule has 2 rings (SSSR count). The predicted octanol–water partition coefficient (Wildman–Crippen LogP) is 1.78. The van der Waals surface area contributed by atoms with E-state index in [4.69, 9.17) is 4.74 Å². The van der Waals surface area contributed by atoms with Gasteiger partial charge < -0.3 is 10.1 Å². The summed E-state index contributed by atoms with van der Waals surface area (Å²) in [7, 11) is 1.67. The van der Waals surface area contributed by atoms with Crippen molar-refractivity contribution in [2.75, 3.05) is 25.2 Å². The van der Waals surface area contributed by atoms with Crippen molar-refractivity contribution in [3.63, 3.8) is 0 Å². The third kappa shape index (κ3) is 4.18. The minimum absolute atomic E-state index is 0.0282. The summed E-state index contributed by atoms with van der Waals surface area (Å²) >= 11 is 1.83. The van der Waals surface area contributed by atoms with E-state index in [9.17, 15) is 14.9 Å². The van der Waals surface area contributed by atoms with E-state index in [1.807, 2.05) is 11.8 Å². The standard InChI is InChI=1S/C14H18N2O4S/c1-20-14(6-7-21-10-14)9-15-13(17)8-11-2-4-12(5-3-11)16(18)19/h2-5H,6-10H2,1H3,(H,15,17). The minimum Gasteiger partial charge on any atom is -0.376 e. The first-order valence-electron chi connectivity index (χ1n) is 6.68. The van der Waals surface area contributed by atoms with Gasteiger partial charge in [0.15, 0.2) is 0 Å². The third-order valence-electron chi connectivity index (χ3n) is 3.62. The Labute approximate surface area is 127 Å². The lowest BCUT2D eigenvalue weighted by Gasteiger charge is -2.26. The average molecular weight is 310 g/mol.